The molecule has 0 bridgehead atoms. The smallest absolute Gasteiger partial charge is 0.334 e. The molecular formula is C12H16O5S. The zero-order chi connectivity index (χ0) is 14.1. The van der Waals surface area contributed by atoms with Crippen molar-refractivity contribution in [2.45, 2.75) is 38.7 Å². The summed E-state index contributed by atoms with van der Waals surface area (Å²) in [6, 6.07) is 3.43. The SMILES string of the molecule is Cc1cc(C)c(S(=O)(=O)O[C@@H](C)C(=O)O)c(C)c1. The van der Waals surface area contributed by atoms with Gasteiger partial charge >= 0.3 is 5.97 Å². The first-order valence-corrected chi connectivity index (χ1v) is 6.80. The Kier molecular flexibility index (Phi) is 4.13. The van der Waals surface area contributed by atoms with Crippen LogP contribution in [0.3, 0.4) is 0 Å². The fourth-order valence-corrected chi connectivity index (χ4v) is 3.31. The zero-order valence-electron chi connectivity index (χ0n) is 10.7. The average Bonchev–Trinajstić information content (AvgIpc) is 2.13. The molecule has 18 heavy (non-hydrogen) atoms. The monoisotopic (exact) mass is 272 g/mol. The number of aliphatic carboxylic acids is 1. The van der Waals surface area contributed by atoms with Crippen LogP contribution in [-0.4, -0.2) is 25.6 Å². The predicted molar refractivity (Wildman–Crippen MR) is 66.0 cm³/mol. The molecule has 0 saturated carbocycles. The van der Waals surface area contributed by atoms with Gasteiger partial charge in [0.1, 0.15) is 0 Å². The molecule has 1 N–H and O–H groups in total. The molecule has 0 spiro atoms. The minimum atomic E-state index is -4.06. The average molecular weight is 272 g/mol. The van der Waals surface area contributed by atoms with Gasteiger partial charge in [-0.05, 0) is 38.8 Å². The third kappa shape index (κ3) is 3.08. The third-order valence-corrected chi connectivity index (χ3v) is 4.16. The summed E-state index contributed by atoms with van der Waals surface area (Å²) >= 11 is 0. The van der Waals surface area contributed by atoms with E-state index < -0.39 is 22.2 Å². The van der Waals surface area contributed by atoms with Crippen molar-refractivity contribution in [2.24, 2.45) is 0 Å². The third-order valence-electron chi connectivity index (χ3n) is 2.47. The van der Waals surface area contributed by atoms with Gasteiger partial charge in [-0.25, -0.2) is 4.79 Å². The summed E-state index contributed by atoms with van der Waals surface area (Å²) in [6.45, 7) is 6.35. The summed E-state index contributed by atoms with van der Waals surface area (Å²) in [5, 5.41) is 8.69. The maximum absolute atomic E-state index is 12.0. The molecule has 0 amide bonds. The Morgan fingerprint density at radius 1 is 1.22 bits per heavy atom. The molecule has 0 heterocycles. The molecule has 0 aromatic heterocycles. The minimum Gasteiger partial charge on any atom is -0.479 e. The second-order valence-electron chi connectivity index (χ2n) is 4.26. The molecule has 5 nitrogen and oxygen atoms in total. The van der Waals surface area contributed by atoms with Crippen LogP contribution in [-0.2, 0) is 19.1 Å². The Hall–Kier alpha value is -1.40. The highest BCUT2D eigenvalue weighted by Crippen LogP contribution is 2.24. The predicted octanol–water partition coefficient (Wildman–Crippen LogP) is 1.79. The van der Waals surface area contributed by atoms with E-state index in [9.17, 15) is 13.2 Å². The van der Waals surface area contributed by atoms with E-state index in [1.807, 2.05) is 6.92 Å². The fraction of sp³-hybridized carbons (Fsp3) is 0.417. The highest BCUT2D eigenvalue weighted by molar-refractivity contribution is 7.87. The molecule has 1 aromatic carbocycles. The maximum Gasteiger partial charge on any atom is 0.334 e. The number of hydrogen-bond acceptors (Lipinski definition) is 4. The van der Waals surface area contributed by atoms with Gasteiger partial charge in [-0.3, -0.25) is 4.18 Å². The summed E-state index contributed by atoms with van der Waals surface area (Å²) in [6.07, 6.45) is -1.41. The molecule has 6 heteroatoms. The van der Waals surface area contributed by atoms with Gasteiger partial charge in [-0.1, -0.05) is 17.7 Å². The Bertz CT molecular complexity index is 551. The number of aryl methyl sites for hydroxylation is 3. The van der Waals surface area contributed by atoms with Gasteiger partial charge in [0.15, 0.2) is 6.10 Å². The number of carboxylic acid groups (broad SMARTS) is 1. The van der Waals surface area contributed by atoms with Crippen LogP contribution < -0.4 is 0 Å². The number of hydrogen-bond donors (Lipinski definition) is 1. The molecular weight excluding hydrogens is 256 g/mol. The van der Waals surface area contributed by atoms with E-state index in [0.29, 0.717) is 11.1 Å². The molecule has 0 radical (unpaired) electrons. The van der Waals surface area contributed by atoms with Crippen LogP contribution in [0.1, 0.15) is 23.6 Å². The summed E-state index contributed by atoms with van der Waals surface area (Å²) < 4.78 is 28.7. The summed E-state index contributed by atoms with van der Waals surface area (Å²) in [7, 11) is -4.06. The number of benzene rings is 1. The van der Waals surface area contributed by atoms with Crippen molar-refractivity contribution in [1.82, 2.24) is 0 Å². The van der Waals surface area contributed by atoms with E-state index in [1.165, 1.54) is 6.92 Å². The molecule has 0 saturated heterocycles. The van der Waals surface area contributed by atoms with Crippen molar-refractivity contribution in [3.63, 3.8) is 0 Å². The van der Waals surface area contributed by atoms with E-state index in [0.717, 1.165) is 5.56 Å². The lowest BCUT2D eigenvalue weighted by molar-refractivity contribution is -0.144. The lowest BCUT2D eigenvalue weighted by Gasteiger charge is -2.14. The first-order valence-electron chi connectivity index (χ1n) is 5.39. The van der Waals surface area contributed by atoms with E-state index in [-0.39, 0.29) is 4.90 Å². The minimum absolute atomic E-state index is 0.0428. The van der Waals surface area contributed by atoms with Crippen LogP contribution in [0, 0.1) is 20.8 Å². The van der Waals surface area contributed by atoms with Gasteiger partial charge in [0.2, 0.25) is 0 Å². The van der Waals surface area contributed by atoms with Crippen molar-refractivity contribution < 1.29 is 22.5 Å². The fourth-order valence-electron chi connectivity index (χ4n) is 1.84. The van der Waals surface area contributed by atoms with Crippen LogP contribution in [0.15, 0.2) is 17.0 Å². The zero-order valence-corrected chi connectivity index (χ0v) is 11.5. The van der Waals surface area contributed by atoms with Gasteiger partial charge < -0.3 is 5.11 Å². The van der Waals surface area contributed by atoms with Gasteiger partial charge in [0.25, 0.3) is 10.1 Å². The molecule has 1 rings (SSSR count). The van der Waals surface area contributed by atoms with Crippen LogP contribution in [0.25, 0.3) is 0 Å². The highest BCUT2D eigenvalue weighted by atomic mass is 32.2. The molecule has 1 aromatic rings. The van der Waals surface area contributed by atoms with E-state index in [4.69, 9.17) is 5.11 Å². The van der Waals surface area contributed by atoms with E-state index in [2.05, 4.69) is 4.18 Å². The first-order chi connectivity index (χ1) is 8.15. The second kappa shape index (κ2) is 5.07. The topological polar surface area (TPSA) is 80.7 Å². The number of carbonyl (C=O) groups is 1. The lowest BCUT2D eigenvalue weighted by atomic mass is 10.1. The van der Waals surface area contributed by atoms with Gasteiger partial charge in [-0.2, -0.15) is 8.42 Å². The Morgan fingerprint density at radius 2 is 1.67 bits per heavy atom. The Morgan fingerprint density at radius 3 is 2.06 bits per heavy atom. The quantitative estimate of drug-likeness (QED) is 0.845. The van der Waals surface area contributed by atoms with Crippen molar-refractivity contribution in [3.05, 3.63) is 28.8 Å². The van der Waals surface area contributed by atoms with Crippen molar-refractivity contribution in [3.8, 4) is 0 Å². The maximum atomic E-state index is 12.0. The molecule has 0 aliphatic heterocycles. The number of carboxylic acids is 1. The molecule has 0 fully saturated rings. The molecule has 1 atom stereocenters. The number of rotatable bonds is 4. The van der Waals surface area contributed by atoms with E-state index in [1.54, 1.807) is 26.0 Å². The second-order valence-corrected chi connectivity index (χ2v) is 5.77. The van der Waals surface area contributed by atoms with Crippen LogP contribution in [0.4, 0.5) is 0 Å². The molecule has 0 unspecified atom stereocenters. The largest absolute Gasteiger partial charge is 0.479 e. The van der Waals surface area contributed by atoms with Gasteiger partial charge in [0, 0.05) is 0 Å². The highest BCUT2D eigenvalue weighted by Gasteiger charge is 2.26. The molecule has 0 aliphatic carbocycles. The van der Waals surface area contributed by atoms with Crippen molar-refractivity contribution in [1.29, 1.82) is 0 Å². The van der Waals surface area contributed by atoms with Crippen molar-refractivity contribution in [2.75, 3.05) is 0 Å². The lowest BCUT2D eigenvalue weighted by Crippen LogP contribution is -2.24. The van der Waals surface area contributed by atoms with Crippen LogP contribution >= 0.6 is 0 Å². The molecule has 0 aliphatic rings. The Balaban J connectivity index is 3.25. The normalized spacial score (nSPS) is 13.3. The van der Waals surface area contributed by atoms with E-state index >= 15 is 0 Å². The Labute approximate surface area is 107 Å². The van der Waals surface area contributed by atoms with Gasteiger partial charge in [-0.15, -0.1) is 0 Å². The van der Waals surface area contributed by atoms with Crippen molar-refractivity contribution >= 4 is 16.1 Å². The summed E-state index contributed by atoms with van der Waals surface area (Å²) in [5.74, 6) is -1.32. The summed E-state index contributed by atoms with van der Waals surface area (Å²) in [5.41, 5.74) is 2.03. The van der Waals surface area contributed by atoms with Crippen LogP contribution in [0.2, 0.25) is 0 Å². The van der Waals surface area contributed by atoms with Gasteiger partial charge in [0.05, 0.1) is 4.90 Å². The molecule has 100 valence electrons. The van der Waals surface area contributed by atoms with Crippen LogP contribution in [0.5, 0.6) is 0 Å². The standard InChI is InChI=1S/C12H16O5S/c1-7-5-8(2)11(9(3)6-7)18(15,16)17-10(4)12(13)14/h5-6,10H,1-4H3,(H,13,14)/t10-/m0/s1. The first kappa shape index (κ1) is 14.7. The summed E-state index contributed by atoms with van der Waals surface area (Å²) in [4.78, 5) is 10.7.